The molecular formula is C8H13F3N2O4S. The van der Waals surface area contributed by atoms with Gasteiger partial charge in [-0.05, 0) is 12.8 Å². The number of alkyl halides is 3. The summed E-state index contributed by atoms with van der Waals surface area (Å²) >= 11 is 0. The molecule has 0 aromatic carbocycles. The first-order valence-electron chi connectivity index (χ1n) is 5.09. The first-order chi connectivity index (χ1) is 8.16. The second-order valence-corrected chi connectivity index (χ2v) is 5.48. The Morgan fingerprint density at radius 2 is 1.83 bits per heavy atom. The number of nitrogens with one attached hydrogen (secondary N) is 1. The predicted molar refractivity (Wildman–Crippen MR) is 54.8 cm³/mol. The van der Waals surface area contributed by atoms with Gasteiger partial charge in [0.05, 0.1) is 13.0 Å². The van der Waals surface area contributed by atoms with Crippen molar-refractivity contribution in [1.82, 2.24) is 9.03 Å². The summed E-state index contributed by atoms with van der Waals surface area (Å²) in [5.41, 5.74) is 0. The fraction of sp³-hybridized carbons (Fsp3) is 0.875. The highest BCUT2D eigenvalue weighted by Crippen LogP contribution is 2.34. The lowest BCUT2D eigenvalue weighted by Gasteiger charge is -2.31. The van der Waals surface area contributed by atoms with Crippen molar-refractivity contribution in [2.75, 3.05) is 20.2 Å². The van der Waals surface area contributed by atoms with Gasteiger partial charge in [-0.15, -0.1) is 0 Å². The van der Waals surface area contributed by atoms with Gasteiger partial charge in [-0.3, -0.25) is 0 Å². The average molecular weight is 290 g/mol. The van der Waals surface area contributed by atoms with Gasteiger partial charge < -0.3 is 4.74 Å². The topological polar surface area (TPSA) is 75.7 Å². The van der Waals surface area contributed by atoms with Gasteiger partial charge in [0.15, 0.2) is 0 Å². The van der Waals surface area contributed by atoms with Crippen LogP contribution in [0.3, 0.4) is 0 Å². The zero-order valence-corrected chi connectivity index (χ0v) is 10.3. The number of hydrogen-bond acceptors (Lipinski definition) is 4. The smallest absolute Gasteiger partial charge is 0.421 e. The number of amides is 1. The molecule has 0 saturated carbocycles. The molecule has 0 unspecified atom stereocenters. The van der Waals surface area contributed by atoms with Crippen LogP contribution in [0.2, 0.25) is 0 Å². The molecule has 0 aromatic rings. The maximum atomic E-state index is 12.4. The molecule has 0 bridgehead atoms. The van der Waals surface area contributed by atoms with E-state index >= 15 is 0 Å². The molecule has 0 atom stereocenters. The highest BCUT2D eigenvalue weighted by Gasteiger charge is 2.43. The third kappa shape index (κ3) is 3.73. The molecule has 1 aliphatic rings. The van der Waals surface area contributed by atoms with Crippen LogP contribution >= 0.6 is 0 Å². The lowest BCUT2D eigenvalue weighted by atomic mass is 9.98. The Kier molecular flexibility index (Phi) is 4.43. The van der Waals surface area contributed by atoms with E-state index in [1.807, 2.05) is 0 Å². The Hall–Kier alpha value is -1.03. The summed E-state index contributed by atoms with van der Waals surface area (Å²) in [7, 11) is -3.14. The lowest BCUT2D eigenvalue weighted by molar-refractivity contribution is -0.182. The molecule has 1 saturated heterocycles. The van der Waals surface area contributed by atoms with Gasteiger partial charge in [-0.2, -0.15) is 25.9 Å². The summed E-state index contributed by atoms with van der Waals surface area (Å²) < 4.78 is 66.7. The van der Waals surface area contributed by atoms with E-state index in [0.29, 0.717) is 0 Å². The van der Waals surface area contributed by atoms with Crippen molar-refractivity contribution in [3.05, 3.63) is 0 Å². The Morgan fingerprint density at radius 1 is 1.33 bits per heavy atom. The number of methoxy groups -OCH3 is 1. The van der Waals surface area contributed by atoms with Crippen LogP contribution in [0.1, 0.15) is 12.8 Å². The average Bonchev–Trinajstić information content (AvgIpc) is 2.27. The minimum absolute atomic E-state index is 0.281. The van der Waals surface area contributed by atoms with Crippen LogP contribution < -0.4 is 4.72 Å². The van der Waals surface area contributed by atoms with Gasteiger partial charge in [-0.1, -0.05) is 0 Å². The van der Waals surface area contributed by atoms with Crippen molar-refractivity contribution in [3.8, 4) is 0 Å². The summed E-state index contributed by atoms with van der Waals surface area (Å²) in [5.74, 6) is -1.50. The van der Waals surface area contributed by atoms with Crippen LogP contribution in [0, 0.1) is 5.92 Å². The first kappa shape index (κ1) is 15.0. The first-order valence-corrected chi connectivity index (χ1v) is 6.53. The number of rotatable bonds is 2. The Morgan fingerprint density at radius 3 is 2.22 bits per heavy atom. The third-order valence-electron chi connectivity index (χ3n) is 2.65. The molecule has 1 rings (SSSR count). The Labute approximate surface area is 102 Å². The summed E-state index contributed by atoms with van der Waals surface area (Å²) in [6, 6.07) is 0. The maximum absolute atomic E-state index is 12.4. The van der Waals surface area contributed by atoms with Gasteiger partial charge in [0.2, 0.25) is 0 Å². The van der Waals surface area contributed by atoms with Gasteiger partial charge in [0.25, 0.3) is 0 Å². The third-order valence-corrected chi connectivity index (χ3v) is 4.12. The second-order valence-electron chi connectivity index (χ2n) is 3.81. The normalized spacial score (nSPS) is 19.6. The molecule has 6 nitrogen and oxygen atoms in total. The highest BCUT2D eigenvalue weighted by molar-refractivity contribution is 7.87. The quantitative estimate of drug-likeness (QED) is 0.818. The summed E-state index contributed by atoms with van der Waals surface area (Å²) in [6.45, 7) is -0.562. The fourth-order valence-corrected chi connectivity index (χ4v) is 2.75. The van der Waals surface area contributed by atoms with Crippen LogP contribution in [0.4, 0.5) is 18.0 Å². The zero-order chi connectivity index (χ0) is 14.0. The minimum atomic E-state index is -4.31. The highest BCUT2D eigenvalue weighted by atomic mass is 32.2. The lowest BCUT2D eigenvalue weighted by Crippen LogP contribution is -2.48. The van der Waals surface area contributed by atoms with E-state index in [4.69, 9.17) is 0 Å². The van der Waals surface area contributed by atoms with Crippen LogP contribution in [0.5, 0.6) is 0 Å². The summed E-state index contributed by atoms with van der Waals surface area (Å²) in [4.78, 5) is 10.8. The Balaban J connectivity index is 2.60. The number of hydrogen-bond donors (Lipinski definition) is 1. The molecule has 1 aliphatic heterocycles. The molecule has 0 spiro atoms. The van der Waals surface area contributed by atoms with Gasteiger partial charge in [-0.25, -0.2) is 9.52 Å². The van der Waals surface area contributed by atoms with Crippen molar-refractivity contribution in [3.63, 3.8) is 0 Å². The predicted octanol–water partition coefficient (Wildman–Crippen LogP) is 0.862. The van der Waals surface area contributed by atoms with E-state index in [9.17, 15) is 26.4 Å². The summed E-state index contributed by atoms with van der Waals surface area (Å²) in [5, 5.41) is 0. The van der Waals surface area contributed by atoms with Crippen LogP contribution in [0.15, 0.2) is 0 Å². The number of carbonyl (C=O) groups excluding carboxylic acids is 1. The van der Waals surface area contributed by atoms with E-state index in [1.165, 1.54) is 0 Å². The number of carbonyl (C=O) groups is 1. The van der Waals surface area contributed by atoms with Crippen molar-refractivity contribution >= 4 is 16.3 Å². The van der Waals surface area contributed by atoms with Crippen molar-refractivity contribution < 1.29 is 31.1 Å². The van der Waals surface area contributed by atoms with Crippen molar-refractivity contribution in [2.45, 2.75) is 19.0 Å². The van der Waals surface area contributed by atoms with Crippen LogP contribution in [-0.4, -0.2) is 45.2 Å². The molecule has 1 N–H and O–H groups in total. The van der Waals surface area contributed by atoms with Gasteiger partial charge in [0, 0.05) is 13.1 Å². The molecule has 1 amide bonds. The zero-order valence-electron chi connectivity index (χ0n) is 9.53. The molecule has 106 valence electrons. The number of ether oxygens (including phenoxy) is 1. The molecule has 0 radical (unpaired) electrons. The SMILES string of the molecule is COC(=O)NS(=O)(=O)N1CCC(C(F)(F)F)CC1. The molecule has 10 heteroatoms. The van der Waals surface area contributed by atoms with Crippen molar-refractivity contribution in [2.24, 2.45) is 5.92 Å². The van der Waals surface area contributed by atoms with Gasteiger partial charge in [0.1, 0.15) is 0 Å². The monoisotopic (exact) mass is 290 g/mol. The molecule has 0 aliphatic carbocycles. The Bertz CT molecular complexity index is 401. The fourth-order valence-electron chi connectivity index (χ4n) is 1.64. The molecular weight excluding hydrogens is 277 g/mol. The van der Waals surface area contributed by atoms with E-state index in [1.54, 1.807) is 4.72 Å². The number of piperidine rings is 1. The summed E-state index contributed by atoms with van der Waals surface area (Å²) in [6.07, 6.45) is -6.11. The van der Waals surface area contributed by atoms with E-state index in [2.05, 4.69) is 4.74 Å². The number of nitrogens with zero attached hydrogens (tertiary/aromatic N) is 1. The second kappa shape index (κ2) is 5.31. The van der Waals surface area contributed by atoms with Gasteiger partial charge >= 0.3 is 22.5 Å². The van der Waals surface area contributed by atoms with Crippen LogP contribution in [-0.2, 0) is 14.9 Å². The van der Waals surface area contributed by atoms with Crippen molar-refractivity contribution in [1.29, 1.82) is 0 Å². The molecule has 1 fully saturated rings. The number of halogens is 3. The minimum Gasteiger partial charge on any atom is -0.452 e. The maximum Gasteiger partial charge on any atom is 0.421 e. The molecule has 1 heterocycles. The van der Waals surface area contributed by atoms with E-state index in [-0.39, 0.29) is 25.9 Å². The van der Waals surface area contributed by atoms with E-state index in [0.717, 1.165) is 11.4 Å². The van der Waals surface area contributed by atoms with E-state index < -0.39 is 28.4 Å². The molecule has 18 heavy (non-hydrogen) atoms. The standard InChI is InChI=1S/C8H13F3N2O4S/c1-17-7(14)12-18(15,16)13-4-2-6(3-5-13)8(9,10)11/h6H,2-5H2,1H3,(H,12,14). The molecule has 0 aromatic heterocycles. The van der Waals surface area contributed by atoms with Crippen LogP contribution in [0.25, 0.3) is 0 Å². The largest absolute Gasteiger partial charge is 0.452 e.